The molecule has 278 valence electrons. The molecule has 0 bridgehead atoms. The molecule has 0 spiro atoms. The third-order valence-corrected chi connectivity index (χ3v) is 14.3. The van der Waals surface area contributed by atoms with Gasteiger partial charge in [0.25, 0.3) is 0 Å². The summed E-state index contributed by atoms with van der Waals surface area (Å²) in [5.41, 5.74) is 1.12. The number of carbonyl (C=O) groups is 6. The van der Waals surface area contributed by atoms with Crippen LogP contribution in [0.25, 0.3) is 0 Å². The van der Waals surface area contributed by atoms with Crippen LogP contribution in [0.3, 0.4) is 0 Å². The van der Waals surface area contributed by atoms with Crippen LogP contribution in [0.5, 0.6) is 0 Å². The summed E-state index contributed by atoms with van der Waals surface area (Å²) < 4.78 is 39.2. The number of esters is 2. The van der Waals surface area contributed by atoms with Gasteiger partial charge in [0.2, 0.25) is 24.5 Å². The predicted molar refractivity (Wildman–Crippen MR) is 182 cm³/mol. The molecule has 4 amide bonds. The fraction of sp³-hybridized carbons (Fsp3) is 0.471. The number of nitrogens with zero attached hydrogens (tertiary/aromatic N) is 2. The number of rotatable bonds is 11. The van der Waals surface area contributed by atoms with E-state index in [1.165, 1.54) is 30.5 Å². The summed E-state index contributed by atoms with van der Waals surface area (Å²) in [4.78, 5) is 80.9. The van der Waals surface area contributed by atoms with Crippen molar-refractivity contribution in [1.82, 2.24) is 20.4 Å². The number of sulfone groups is 1. The molecule has 2 aromatic carbocycles. The second kappa shape index (κ2) is 13.7. The second-order valence-corrected chi connectivity index (χ2v) is 18.2. The molecule has 4 aliphatic heterocycles. The Labute approximate surface area is 303 Å². The summed E-state index contributed by atoms with van der Waals surface area (Å²) in [5.74, 6) is -4.87. The Morgan fingerprint density at radius 3 is 2.12 bits per heavy atom. The molecule has 16 nitrogen and oxygen atoms in total. The molecule has 7 atom stereocenters. The van der Waals surface area contributed by atoms with E-state index in [1.807, 2.05) is 44.2 Å². The minimum Gasteiger partial charge on any atom is -0.459 e. The first kappa shape index (κ1) is 37.1. The van der Waals surface area contributed by atoms with Gasteiger partial charge in [0.05, 0.1) is 17.3 Å². The standard InChI is InChI=1S/C34H38N4O12S2/c1-33(2)23(30(43)48-16-18-11-7-5-8-12-18)37-27(42)22(28(37)51-33)35-25(40)21(19-13-9-6-10-14-19)36-32(45)50-17-49-31(44)24-34(3,4)52(46,47)29-20(15-39)26(41)38(24)29/h5-14,20-24,28-29,39H,15-17H2,1-4H3,(H,35,40)(H,36,45)/t20-,21?,22?,23+,24+,28-,29-/m1/s1. The van der Waals surface area contributed by atoms with Crippen LogP contribution in [0.2, 0.25) is 0 Å². The molecule has 4 fully saturated rings. The van der Waals surface area contributed by atoms with Crippen molar-refractivity contribution in [2.45, 2.75) is 78.7 Å². The van der Waals surface area contributed by atoms with Gasteiger partial charge in [-0.2, -0.15) is 0 Å². The molecule has 4 saturated heterocycles. The van der Waals surface area contributed by atoms with Crippen molar-refractivity contribution in [3.63, 3.8) is 0 Å². The Hall–Kier alpha value is -4.68. The second-order valence-electron chi connectivity index (χ2n) is 13.8. The fourth-order valence-corrected chi connectivity index (χ4v) is 11.0. The molecule has 0 radical (unpaired) electrons. The van der Waals surface area contributed by atoms with E-state index in [1.54, 1.807) is 30.3 Å². The first-order chi connectivity index (χ1) is 24.5. The maximum Gasteiger partial charge on any atom is 0.410 e. The number of fused-ring (bicyclic) bond motifs is 2. The third-order valence-electron chi connectivity index (χ3n) is 9.83. The molecule has 4 aliphatic rings. The molecule has 0 aliphatic carbocycles. The number of aliphatic hydroxyl groups is 1. The zero-order valence-corrected chi connectivity index (χ0v) is 30.2. The average molecular weight is 759 g/mol. The number of benzene rings is 2. The van der Waals surface area contributed by atoms with Crippen LogP contribution in [-0.4, -0.2) is 111 Å². The molecule has 52 heavy (non-hydrogen) atoms. The summed E-state index contributed by atoms with van der Waals surface area (Å²) >= 11 is 1.34. The van der Waals surface area contributed by atoms with Crippen LogP contribution >= 0.6 is 11.8 Å². The monoisotopic (exact) mass is 758 g/mol. The first-order valence-electron chi connectivity index (χ1n) is 16.3. The first-order valence-corrected chi connectivity index (χ1v) is 18.8. The molecule has 6 rings (SSSR count). The summed E-state index contributed by atoms with van der Waals surface area (Å²) in [5, 5.41) is 12.6. The highest BCUT2D eigenvalue weighted by molar-refractivity contribution is 8.01. The molecule has 2 unspecified atom stereocenters. The number of ether oxygens (including phenoxy) is 3. The lowest BCUT2D eigenvalue weighted by Gasteiger charge is -2.44. The van der Waals surface area contributed by atoms with Crippen molar-refractivity contribution < 1.29 is 56.5 Å². The van der Waals surface area contributed by atoms with Gasteiger partial charge in [-0.05, 0) is 38.8 Å². The van der Waals surface area contributed by atoms with Crippen LogP contribution < -0.4 is 10.6 Å². The van der Waals surface area contributed by atoms with Crippen LogP contribution in [0, 0.1) is 5.92 Å². The highest BCUT2D eigenvalue weighted by Gasteiger charge is 2.72. The summed E-state index contributed by atoms with van der Waals surface area (Å²) in [6.45, 7) is 4.50. The van der Waals surface area contributed by atoms with Crippen LogP contribution in [0.15, 0.2) is 60.7 Å². The van der Waals surface area contributed by atoms with E-state index in [2.05, 4.69) is 10.6 Å². The maximum absolute atomic E-state index is 13.6. The smallest absolute Gasteiger partial charge is 0.410 e. The summed E-state index contributed by atoms with van der Waals surface area (Å²) in [6, 6.07) is 12.4. The van der Waals surface area contributed by atoms with E-state index in [0.717, 1.165) is 10.5 Å². The van der Waals surface area contributed by atoms with Gasteiger partial charge in [0.1, 0.15) is 41.5 Å². The van der Waals surface area contributed by atoms with Gasteiger partial charge >= 0.3 is 18.0 Å². The molecule has 2 aromatic rings. The number of alkyl carbamates (subject to hydrolysis) is 1. The predicted octanol–water partition coefficient (Wildman–Crippen LogP) is 0.598. The molecule has 3 N–H and O–H groups in total. The number of aliphatic hydroxyl groups excluding tert-OH is 1. The normalized spacial score (nSPS) is 27.9. The zero-order chi connectivity index (χ0) is 37.7. The minimum atomic E-state index is -4.07. The number of carbonyl (C=O) groups excluding carboxylic acids is 6. The van der Waals surface area contributed by atoms with Crippen molar-refractivity contribution in [2.75, 3.05) is 13.4 Å². The molecular weight excluding hydrogens is 721 g/mol. The van der Waals surface area contributed by atoms with Crippen LogP contribution in [0.4, 0.5) is 4.79 Å². The largest absolute Gasteiger partial charge is 0.459 e. The van der Waals surface area contributed by atoms with Gasteiger partial charge in [0.15, 0.2) is 9.84 Å². The van der Waals surface area contributed by atoms with Gasteiger partial charge in [-0.25, -0.2) is 22.8 Å². The lowest BCUT2D eigenvalue weighted by atomic mass is 9.92. The van der Waals surface area contributed by atoms with E-state index >= 15 is 0 Å². The van der Waals surface area contributed by atoms with E-state index in [4.69, 9.17) is 14.2 Å². The van der Waals surface area contributed by atoms with Gasteiger partial charge in [-0.1, -0.05) is 60.7 Å². The Morgan fingerprint density at radius 2 is 1.48 bits per heavy atom. The quantitative estimate of drug-likeness (QED) is 0.163. The van der Waals surface area contributed by atoms with E-state index in [-0.39, 0.29) is 6.61 Å². The van der Waals surface area contributed by atoms with Crippen molar-refractivity contribution >= 4 is 57.4 Å². The minimum absolute atomic E-state index is 0.0353. The summed E-state index contributed by atoms with van der Waals surface area (Å²) in [7, 11) is -4.07. The maximum atomic E-state index is 13.6. The van der Waals surface area contributed by atoms with Crippen LogP contribution in [-0.2, 0) is 54.6 Å². The Balaban J connectivity index is 1.07. The molecule has 0 aromatic heterocycles. The lowest BCUT2D eigenvalue weighted by molar-refractivity contribution is -0.172. The highest BCUT2D eigenvalue weighted by atomic mass is 32.2. The van der Waals surface area contributed by atoms with E-state index in [9.17, 15) is 42.3 Å². The fourth-order valence-electron chi connectivity index (χ4n) is 7.05. The molecular formula is C34H38N4O12S2. The molecule has 0 saturated carbocycles. The van der Waals surface area contributed by atoms with E-state index < -0.39 is 109 Å². The highest BCUT2D eigenvalue weighted by Crippen LogP contribution is 2.51. The number of hydrogen-bond acceptors (Lipinski definition) is 13. The van der Waals surface area contributed by atoms with Gasteiger partial charge in [0, 0.05) is 4.75 Å². The third kappa shape index (κ3) is 6.15. The summed E-state index contributed by atoms with van der Waals surface area (Å²) in [6.07, 6.45) is -1.19. The van der Waals surface area contributed by atoms with E-state index in [0.29, 0.717) is 5.56 Å². The SMILES string of the molecule is CC1(C)S[C@@H]2C(NC(=O)C(NC(=O)OCOC(=O)[C@@H]3N4C(=O)[C@@H](CO)[C@H]4S(=O)(=O)C3(C)C)c3ccccc3)C(=O)N2[C@H]1C(=O)OCc1ccccc1. The number of amides is 4. The van der Waals surface area contributed by atoms with Crippen molar-refractivity contribution in [3.05, 3.63) is 71.8 Å². The Morgan fingerprint density at radius 1 is 0.865 bits per heavy atom. The molecule has 18 heteroatoms. The zero-order valence-electron chi connectivity index (χ0n) is 28.6. The topological polar surface area (TPSA) is 215 Å². The lowest BCUT2D eigenvalue weighted by Crippen LogP contribution is -2.71. The number of β-lactam (4-membered cyclic amide) rings is 2. The van der Waals surface area contributed by atoms with Gasteiger partial charge in [-0.15, -0.1) is 11.8 Å². The Bertz CT molecular complexity index is 1890. The number of nitrogens with one attached hydrogen (secondary N) is 2. The average Bonchev–Trinajstić information content (AvgIpc) is 3.44. The number of thioether (sulfide) groups is 1. The van der Waals surface area contributed by atoms with Crippen molar-refractivity contribution in [1.29, 1.82) is 0 Å². The van der Waals surface area contributed by atoms with Crippen molar-refractivity contribution in [3.8, 4) is 0 Å². The number of hydrogen-bond donors (Lipinski definition) is 3. The van der Waals surface area contributed by atoms with Crippen molar-refractivity contribution in [2.24, 2.45) is 5.92 Å². The Kier molecular flexibility index (Phi) is 9.77. The van der Waals surface area contributed by atoms with Gasteiger partial charge < -0.3 is 39.8 Å². The van der Waals surface area contributed by atoms with Crippen LogP contribution in [0.1, 0.15) is 44.9 Å². The molecule has 4 heterocycles. The van der Waals surface area contributed by atoms with Gasteiger partial charge in [-0.3, -0.25) is 14.4 Å².